The number of amides is 1. The number of nitrogens with zero attached hydrogens (tertiary/aromatic N) is 7. The van der Waals surface area contributed by atoms with Gasteiger partial charge in [0.1, 0.15) is 24.8 Å². The second-order valence-corrected chi connectivity index (χ2v) is 6.09. The van der Waals surface area contributed by atoms with E-state index in [1.54, 1.807) is 11.0 Å². The zero-order valence-corrected chi connectivity index (χ0v) is 12.9. The summed E-state index contributed by atoms with van der Waals surface area (Å²) in [4.78, 5) is 28.8. The predicted octanol–water partition coefficient (Wildman–Crippen LogP) is 0.506. The molecule has 1 aliphatic carbocycles. The van der Waals surface area contributed by atoms with Crippen molar-refractivity contribution in [3.8, 4) is 5.82 Å². The summed E-state index contributed by atoms with van der Waals surface area (Å²) < 4.78 is 1.61. The number of carbonyl (C=O) groups excluding carboxylic acids is 1. The Balaban J connectivity index is 1.40. The number of rotatable bonds is 4. The van der Waals surface area contributed by atoms with Crippen molar-refractivity contribution in [2.45, 2.75) is 19.3 Å². The van der Waals surface area contributed by atoms with Gasteiger partial charge in [-0.1, -0.05) is 0 Å². The summed E-state index contributed by atoms with van der Waals surface area (Å²) in [5, 5.41) is 4.09. The van der Waals surface area contributed by atoms with E-state index in [9.17, 15) is 4.79 Å². The van der Waals surface area contributed by atoms with Gasteiger partial charge in [0.05, 0.1) is 0 Å². The van der Waals surface area contributed by atoms with Crippen molar-refractivity contribution < 1.29 is 4.79 Å². The normalized spacial score (nSPS) is 18.3. The average Bonchev–Trinajstić information content (AvgIpc) is 3.24. The van der Waals surface area contributed by atoms with Crippen LogP contribution in [0.15, 0.2) is 25.0 Å². The molecule has 0 radical (unpaired) electrons. The minimum atomic E-state index is 0.304. The van der Waals surface area contributed by atoms with Crippen LogP contribution in [0.1, 0.15) is 19.3 Å². The molecule has 0 N–H and O–H groups in total. The van der Waals surface area contributed by atoms with E-state index in [1.165, 1.54) is 25.5 Å². The van der Waals surface area contributed by atoms with E-state index in [1.807, 2.05) is 11.0 Å². The van der Waals surface area contributed by atoms with Gasteiger partial charge in [0.2, 0.25) is 5.91 Å². The highest BCUT2D eigenvalue weighted by Crippen LogP contribution is 2.33. The first kappa shape index (κ1) is 14.1. The van der Waals surface area contributed by atoms with Gasteiger partial charge < -0.3 is 9.80 Å². The van der Waals surface area contributed by atoms with E-state index in [0.717, 1.165) is 38.4 Å². The molecular formula is C15H19N7O. The second-order valence-electron chi connectivity index (χ2n) is 6.09. The molecule has 2 aliphatic rings. The molecule has 2 aromatic heterocycles. The summed E-state index contributed by atoms with van der Waals surface area (Å²) >= 11 is 0. The van der Waals surface area contributed by atoms with Gasteiger partial charge in [-0.05, 0) is 18.8 Å². The van der Waals surface area contributed by atoms with Crippen LogP contribution in [0.3, 0.4) is 0 Å². The summed E-state index contributed by atoms with van der Waals surface area (Å²) in [5.41, 5.74) is 0. The molecule has 0 bridgehead atoms. The maximum absolute atomic E-state index is 12.2. The maximum atomic E-state index is 12.2. The molecule has 2 aromatic rings. The lowest BCUT2D eigenvalue weighted by atomic mass is 10.2. The number of anilines is 1. The van der Waals surface area contributed by atoms with Crippen LogP contribution in [0.5, 0.6) is 0 Å². The molecule has 8 nitrogen and oxygen atoms in total. The Labute approximate surface area is 134 Å². The molecule has 1 amide bonds. The minimum Gasteiger partial charge on any atom is -0.353 e. The Morgan fingerprint density at radius 1 is 1.09 bits per heavy atom. The molecule has 3 heterocycles. The smallest absolute Gasteiger partial charge is 0.222 e. The first-order chi connectivity index (χ1) is 11.3. The lowest BCUT2D eigenvalue weighted by Crippen LogP contribution is -2.49. The number of hydrogen-bond acceptors (Lipinski definition) is 6. The van der Waals surface area contributed by atoms with Gasteiger partial charge in [0, 0.05) is 38.7 Å². The number of piperazine rings is 1. The van der Waals surface area contributed by atoms with Gasteiger partial charge in [-0.3, -0.25) is 4.79 Å². The second kappa shape index (κ2) is 5.94. The topological polar surface area (TPSA) is 80.0 Å². The molecule has 1 saturated heterocycles. The maximum Gasteiger partial charge on any atom is 0.222 e. The summed E-state index contributed by atoms with van der Waals surface area (Å²) in [6.07, 6.45) is 7.79. The van der Waals surface area contributed by atoms with E-state index in [4.69, 9.17) is 0 Å². The predicted molar refractivity (Wildman–Crippen MR) is 83.1 cm³/mol. The molecule has 0 spiro atoms. The fraction of sp³-hybridized carbons (Fsp3) is 0.533. The van der Waals surface area contributed by atoms with Crippen molar-refractivity contribution in [1.82, 2.24) is 29.6 Å². The highest BCUT2D eigenvalue weighted by Gasteiger charge is 2.28. The van der Waals surface area contributed by atoms with Gasteiger partial charge >= 0.3 is 0 Å². The van der Waals surface area contributed by atoms with Gasteiger partial charge in [-0.2, -0.15) is 5.10 Å². The van der Waals surface area contributed by atoms with Gasteiger partial charge in [0.15, 0.2) is 5.82 Å². The Kier molecular flexibility index (Phi) is 3.64. The van der Waals surface area contributed by atoms with Crippen LogP contribution < -0.4 is 4.90 Å². The molecule has 8 heteroatoms. The van der Waals surface area contributed by atoms with Crippen LogP contribution in [0.4, 0.5) is 5.82 Å². The lowest BCUT2D eigenvalue weighted by Gasteiger charge is -2.35. The van der Waals surface area contributed by atoms with Crippen molar-refractivity contribution in [2.75, 3.05) is 31.1 Å². The van der Waals surface area contributed by atoms with E-state index in [0.29, 0.717) is 17.6 Å². The van der Waals surface area contributed by atoms with Gasteiger partial charge in [-0.25, -0.2) is 19.6 Å². The summed E-state index contributed by atoms with van der Waals surface area (Å²) in [7, 11) is 0. The zero-order chi connectivity index (χ0) is 15.6. The number of carbonyl (C=O) groups is 1. The van der Waals surface area contributed by atoms with Crippen LogP contribution in [0.2, 0.25) is 0 Å². The first-order valence-corrected chi connectivity index (χ1v) is 7.99. The van der Waals surface area contributed by atoms with E-state index in [2.05, 4.69) is 25.0 Å². The Morgan fingerprint density at radius 3 is 2.57 bits per heavy atom. The average molecular weight is 313 g/mol. The summed E-state index contributed by atoms with van der Waals surface area (Å²) in [6.45, 7) is 3.11. The van der Waals surface area contributed by atoms with Crippen molar-refractivity contribution >= 4 is 11.7 Å². The fourth-order valence-electron chi connectivity index (χ4n) is 2.84. The minimum absolute atomic E-state index is 0.304. The zero-order valence-electron chi connectivity index (χ0n) is 12.9. The van der Waals surface area contributed by atoms with Gasteiger partial charge in [0.25, 0.3) is 0 Å². The molecule has 120 valence electrons. The molecule has 0 unspecified atom stereocenters. The van der Waals surface area contributed by atoms with Crippen molar-refractivity contribution in [3.63, 3.8) is 0 Å². The quantitative estimate of drug-likeness (QED) is 0.818. The highest BCUT2D eigenvalue weighted by molar-refractivity contribution is 5.77. The summed E-state index contributed by atoms with van der Waals surface area (Å²) in [5.74, 6) is 2.50. The van der Waals surface area contributed by atoms with Crippen LogP contribution in [-0.4, -0.2) is 61.7 Å². The molecule has 23 heavy (non-hydrogen) atoms. The van der Waals surface area contributed by atoms with E-state index >= 15 is 0 Å². The van der Waals surface area contributed by atoms with E-state index in [-0.39, 0.29) is 0 Å². The molecule has 2 fully saturated rings. The van der Waals surface area contributed by atoms with Crippen molar-refractivity contribution in [2.24, 2.45) is 5.92 Å². The van der Waals surface area contributed by atoms with E-state index < -0.39 is 0 Å². The molecular weight excluding hydrogens is 294 g/mol. The molecule has 0 aromatic carbocycles. The van der Waals surface area contributed by atoms with Crippen LogP contribution >= 0.6 is 0 Å². The van der Waals surface area contributed by atoms with Crippen molar-refractivity contribution in [3.05, 3.63) is 25.0 Å². The van der Waals surface area contributed by atoms with Crippen LogP contribution in [-0.2, 0) is 4.79 Å². The third kappa shape index (κ3) is 3.15. The Morgan fingerprint density at radius 2 is 1.87 bits per heavy atom. The number of hydrogen-bond donors (Lipinski definition) is 0. The van der Waals surface area contributed by atoms with Crippen LogP contribution in [0.25, 0.3) is 5.82 Å². The standard InChI is InChI=1S/C15H19N7O/c23-15(7-12-1-2-12)21-5-3-20(4-6-21)13-8-14(18-10-17-13)22-11-16-9-19-22/h8-12H,1-7H2. The SMILES string of the molecule is O=C(CC1CC1)N1CCN(c2cc(-n3cncn3)ncn2)CC1. The Hall–Kier alpha value is -2.51. The first-order valence-electron chi connectivity index (χ1n) is 7.99. The number of aromatic nitrogens is 5. The van der Waals surface area contributed by atoms with Crippen molar-refractivity contribution in [1.29, 1.82) is 0 Å². The third-order valence-corrected chi connectivity index (χ3v) is 4.41. The molecule has 0 atom stereocenters. The van der Waals surface area contributed by atoms with Crippen LogP contribution in [0, 0.1) is 5.92 Å². The molecule has 1 aliphatic heterocycles. The summed E-state index contributed by atoms with van der Waals surface area (Å²) in [6, 6.07) is 1.90. The fourth-order valence-corrected chi connectivity index (χ4v) is 2.84. The third-order valence-electron chi connectivity index (χ3n) is 4.41. The largest absolute Gasteiger partial charge is 0.353 e. The highest BCUT2D eigenvalue weighted by atomic mass is 16.2. The Bertz CT molecular complexity index is 675. The van der Waals surface area contributed by atoms with Gasteiger partial charge in [-0.15, -0.1) is 0 Å². The monoisotopic (exact) mass is 313 g/mol. The molecule has 1 saturated carbocycles. The lowest BCUT2D eigenvalue weighted by molar-refractivity contribution is -0.131. The molecule has 4 rings (SSSR count).